The highest BCUT2D eigenvalue weighted by molar-refractivity contribution is 5.47. The molecule has 2 unspecified atom stereocenters. The molecule has 0 aliphatic rings. The third-order valence-electron chi connectivity index (χ3n) is 7.06. The fourth-order valence-corrected chi connectivity index (χ4v) is 4.40. The second kappa shape index (κ2) is 10.9. The molecule has 0 fully saturated rings. The van der Waals surface area contributed by atoms with E-state index in [0.29, 0.717) is 6.61 Å². The molecule has 0 radical (unpaired) electrons. The molecule has 2 aromatic carbocycles. The van der Waals surface area contributed by atoms with Gasteiger partial charge in [0.2, 0.25) is 0 Å². The summed E-state index contributed by atoms with van der Waals surface area (Å²) in [4.78, 5) is 0. The zero-order chi connectivity index (χ0) is 24.1. The van der Waals surface area contributed by atoms with Gasteiger partial charge in [-0.25, -0.2) is 0 Å². The van der Waals surface area contributed by atoms with Crippen LogP contribution >= 0.6 is 0 Å². The van der Waals surface area contributed by atoms with Crippen molar-refractivity contribution in [2.75, 3.05) is 6.61 Å². The Labute approximate surface area is 195 Å². The van der Waals surface area contributed by atoms with Crippen LogP contribution in [0.1, 0.15) is 88.6 Å². The predicted molar refractivity (Wildman–Crippen MR) is 135 cm³/mol. The molecular weight excluding hydrogens is 396 g/mol. The average Bonchev–Trinajstić information content (AvgIpc) is 2.72. The van der Waals surface area contributed by atoms with Gasteiger partial charge in [0, 0.05) is 5.41 Å². The number of aryl methyl sites for hydroxylation is 3. The summed E-state index contributed by atoms with van der Waals surface area (Å²) in [6, 6.07) is 13.4. The molecule has 178 valence electrons. The van der Waals surface area contributed by atoms with Crippen molar-refractivity contribution < 1.29 is 14.9 Å². The van der Waals surface area contributed by atoms with E-state index < -0.39 is 6.10 Å². The summed E-state index contributed by atoms with van der Waals surface area (Å²) in [5.41, 5.74) is 6.10. The second-order valence-corrected chi connectivity index (χ2v) is 10.5. The summed E-state index contributed by atoms with van der Waals surface area (Å²) >= 11 is 0. The van der Waals surface area contributed by atoms with Gasteiger partial charge in [0.1, 0.15) is 12.4 Å². The molecule has 0 saturated carbocycles. The first-order chi connectivity index (χ1) is 14.9. The Balaban J connectivity index is 2.33. The fraction of sp³-hybridized carbons (Fsp3) is 0.586. The third-order valence-corrected chi connectivity index (χ3v) is 7.06. The van der Waals surface area contributed by atoms with Crippen molar-refractivity contribution in [1.82, 2.24) is 0 Å². The molecule has 2 aromatic rings. The number of rotatable bonds is 10. The number of aliphatic hydroxyl groups is 2. The number of hydrogen-bond donors (Lipinski definition) is 2. The molecule has 2 N–H and O–H groups in total. The van der Waals surface area contributed by atoms with Crippen molar-refractivity contribution in [3.8, 4) is 5.75 Å². The van der Waals surface area contributed by atoms with Gasteiger partial charge in [-0.2, -0.15) is 0 Å². The quantitative estimate of drug-likeness (QED) is 0.443. The van der Waals surface area contributed by atoms with E-state index >= 15 is 0 Å². The molecule has 3 nitrogen and oxygen atoms in total. The first-order valence-electron chi connectivity index (χ1n) is 12.1. The summed E-state index contributed by atoms with van der Waals surface area (Å²) in [5.74, 6) is 0.836. The minimum absolute atomic E-state index is 0.0538. The molecular formula is C29H44O3. The van der Waals surface area contributed by atoms with Crippen molar-refractivity contribution in [2.24, 2.45) is 5.41 Å². The van der Waals surface area contributed by atoms with Crippen LogP contribution in [0.15, 0.2) is 36.4 Å². The monoisotopic (exact) mass is 440 g/mol. The lowest BCUT2D eigenvalue weighted by atomic mass is 9.69. The summed E-state index contributed by atoms with van der Waals surface area (Å²) in [6.07, 6.45) is 2.93. The van der Waals surface area contributed by atoms with E-state index in [1.54, 1.807) is 0 Å². The smallest absolute Gasteiger partial charge is 0.122 e. The van der Waals surface area contributed by atoms with Crippen LogP contribution in [-0.4, -0.2) is 29.0 Å². The van der Waals surface area contributed by atoms with Crippen LogP contribution in [-0.2, 0) is 11.8 Å². The van der Waals surface area contributed by atoms with Gasteiger partial charge in [0.05, 0.1) is 12.2 Å². The van der Waals surface area contributed by atoms with E-state index in [1.165, 1.54) is 22.3 Å². The van der Waals surface area contributed by atoms with Crippen LogP contribution < -0.4 is 4.74 Å². The van der Waals surface area contributed by atoms with E-state index in [4.69, 9.17) is 4.74 Å². The Morgan fingerprint density at radius 1 is 0.875 bits per heavy atom. The van der Waals surface area contributed by atoms with Crippen molar-refractivity contribution in [1.29, 1.82) is 0 Å². The van der Waals surface area contributed by atoms with Gasteiger partial charge in [0.25, 0.3) is 0 Å². The van der Waals surface area contributed by atoms with Crippen LogP contribution in [0.3, 0.4) is 0 Å². The molecule has 0 aromatic heterocycles. The SMILES string of the molecule is CCC(CC)(c1ccc(CCC(C)O)c(C)c1)c1ccc(OCC(O)C(C)(C)C)c(C)c1. The topological polar surface area (TPSA) is 49.7 Å². The van der Waals surface area contributed by atoms with Crippen molar-refractivity contribution in [3.05, 3.63) is 64.2 Å². The van der Waals surface area contributed by atoms with Crippen LogP contribution in [0.25, 0.3) is 0 Å². The Hall–Kier alpha value is -1.84. The van der Waals surface area contributed by atoms with Crippen molar-refractivity contribution in [2.45, 2.75) is 98.7 Å². The molecule has 3 heteroatoms. The second-order valence-electron chi connectivity index (χ2n) is 10.5. The highest BCUT2D eigenvalue weighted by Crippen LogP contribution is 2.41. The maximum atomic E-state index is 10.3. The Kier molecular flexibility index (Phi) is 8.96. The molecule has 2 rings (SSSR count). The minimum Gasteiger partial charge on any atom is -0.491 e. The normalized spacial score (nSPS) is 14.3. The molecule has 0 amide bonds. The summed E-state index contributed by atoms with van der Waals surface area (Å²) in [7, 11) is 0. The Morgan fingerprint density at radius 3 is 1.91 bits per heavy atom. The number of hydrogen-bond acceptors (Lipinski definition) is 3. The standard InChI is InChI=1S/C29H44O3/c1-9-29(10-2,24-14-13-23(20(3)17-24)12-11-22(5)30)25-15-16-26(21(4)18-25)32-19-27(31)28(6,7)8/h13-18,22,27,30-31H,9-12,19H2,1-8H3. The molecule has 0 spiro atoms. The van der Waals surface area contributed by atoms with Crippen LogP contribution in [0.2, 0.25) is 0 Å². The fourth-order valence-electron chi connectivity index (χ4n) is 4.40. The number of aliphatic hydroxyl groups excluding tert-OH is 2. The molecule has 0 aliphatic carbocycles. The van der Waals surface area contributed by atoms with E-state index in [2.05, 4.69) is 64.1 Å². The Morgan fingerprint density at radius 2 is 1.44 bits per heavy atom. The van der Waals surface area contributed by atoms with Crippen molar-refractivity contribution >= 4 is 0 Å². The number of benzene rings is 2. The van der Waals surface area contributed by atoms with Gasteiger partial charge in [-0.15, -0.1) is 0 Å². The largest absolute Gasteiger partial charge is 0.491 e. The lowest BCUT2D eigenvalue weighted by molar-refractivity contribution is 0.0216. The highest BCUT2D eigenvalue weighted by Gasteiger charge is 2.31. The maximum Gasteiger partial charge on any atom is 0.122 e. The highest BCUT2D eigenvalue weighted by atomic mass is 16.5. The first kappa shape index (κ1) is 26.4. The molecule has 2 atom stereocenters. The summed E-state index contributed by atoms with van der Waals surface area (Å²) in [5, 5.41) is 20.0. The van der Waals surface area contributed by atoms with E-state index in [1.807, 2.05) is 27.7 Å². The molecule has 0 aliphatic heterocycles. The average molecular weight is 441 g/mol. The molecule has 0 saturated heterocycles. The van der Waals surface area contributed by atoms with E-state index in [9.17, 15) is 10.2 Å². The number of ether oxygens (including phenoxy) is 1. The van der Waals surface area contributed by atoms with Gasteiger partial charge in [-0.1, -0.05) is 65.0 Å². The maximum absolute atomic E-state index is 10.3. The van der Waals surface area contributed by atoms with Crippen LogP contribution in [0.4, 0.5) is 0 Å². The van der Waals surface area contributed by atoms with E-state index in [-0.39, 0.29) is 16.9 Å². The van der Waals surface area contributed by atoms with Gasteiger partial charge < -0.3 is 14.9 Å². The van der Waals surface area contributed by atoms with Gasteiger partial charge in [0.15, 0.2) is 0 Å². The lowest BCUT2D eigenvalue weighted by Gasteiger charge is -2.34. The minimum atomic E-state index is -0.512. The molecule has 32 heavy (non-hydrogen) atoms. The molecule has 0 heterocycles. The lowest BCUT2D eigenvalue weighted by Crippen LogP contribution is -2.32. The van der Waals surface area contributed by atoms with E-state index in [0.717, 1.165) is 37.0 Å². The van der Waals surface area contributed by atoms with Gasteiger partial charge in [-0.05, 0) is 85.8 Å². The van der Waals surface area contributed by atoms with Crippen LogP contribution in [0, 0.1) is 19.3 Å². The first-order valence-corrected chi connectivity index (χ1v) is 12.1. The zero-order valence-corrected chi connectivity index (χ0v) is 21.5. The van der Waals surface area contributed by atoms with Crippen molar-refractivity contribution in [3.63, 3.8) is 0 Å². The molecule has 0 bridgehead atoms. The zero-order valence-electron chi connectivity index (χ0n) is 21.5. The summed E-state index contributed by atoms with van der Waals surface area (Å²) < 4.78 is 5.98. The van der Waals surface area contributed by atoms with Gasteiger partial charge in [-0.3, -0.25) is 0 Å². The summed E-state index contributed by atoms with van der Waals surface area (Å²) in [6.45, 7) is 17.0. The third kappa shape index (κ3) is 6.14. The Bertz CT molecular complexity index is 872. The predicted octanol–water partition coefficient (Wildman–Crippen LogP) is 6.51. The van der Waals surface area contributed by atoms with Gasteiger partial charge >= 0.3 is 0 Å². The van der Waals surface area contributed by atoms with Crippen LogP contribution in [0.5, 0.6) is 5.75 Å².